The molecule has 1 aliphatic carbocycles. The Balaban J connectivity index is 1.90. The maximum Gasteiger partial charge on any atom is 0.224 e. The number of rotatable bonds is 4. The lowest BCUT2D eigenvalue weighted by Crippen LogP contribution is -2.58. The number of benzene rings is 1. The third kappa shape index (κ3) is 3.49. The van der Waals surface area contributed by atoms with Gasteiger partial charge >= 0.3 is 0 Å². The number of anilines is 1. The van der Waals surface area contributed by atoms with E-state index in [-0.39, 0.29) is 23.3 Å². The fourth-order valence-electron chi connectivity index (χ4n) is 3.11. The van der Waals surface area contributed by atoms with Crippen LogP contribution < -0.4 is 10.6 Å². The summed E-state index contributed by atoms with van der Waals surface area (Å²) in [5.41, 5.74) is 3.21. The zero-order valence-electron chi connectivity index (χ0n) is 14.1. The van der Waals surface area contributed by atoms with Gasteiger partial charge in [0.25, 0.3) is 0 Å². The van der Waals surface area contributed by atoms with Gasteiger partial charge in [-0.15, -0.1) is 0 Å². The summed E-state index contributed by atoms with van der Waals surface area (Å²) >= 11 is 0. The molecule has 0 aromatic heterocycles. The Bertz CT molecular complexity index is 593. The summed E-state index contributed by atoms with van der Waals surface area (Å²) in [7, 11) is 0. The van der Waals surface area contributed by atoms with Crippen LogP contribution in [0.4, 0.5) is 5.69 Å². The predicted molar refractivity (Wildman–Crippen MR) is 88.7 cm³/mol. The van der Waals surface area contributed by atoms with Crippen LogP contribution in [0.25, 0.3) is 0 Å². The first-order valence-corrected chi connectivity index (χ1v) is 7.84. The Hall–Kier alpha value is -1.84. The standard InChI is InChI=1S/C18H26N2O2/c1-11-6-7-15(8-12(11)2)20-17(22)10-14-9-16(18(14,4)5)19-13(3)21/h6-8,14,16H,9-10H2,1-5H3,(H,19,21)(H,20,22). The zero-order chi connectivity index (χ0) is 16.5. The first-order chi connectivity index (χ1) is 10.2. The fourth-order valence-corrected chi connectivity index (χ4v) is 3.11. The van der Waals surface area contributed by atoms with Gasteiger partial charge < -0.3 is 10.6 Å². The molecule has 2 atom stereocenters. The molecule has 0 spiro atoms. The van der Waals surface area contributed by atoms with Crippen LogP contribution in [0.5, 0.6) is 0 Å². The number of carbonyl (C=O) groups excluding carboxylic acids is 2. The number of carbonyl (C=O) groups is 2. The van der Waals surface area contributed by atoms with Gasteiger partial charge in [0.05, 0.1) is 0 Å². The highest BCUT2D eigenvalue weighted by Crippen LogP contribution is 2.48. The van der Waals surface area contributed by atoms with Gasteiger partial charge in [-0.3, -0.25) is 9.59 Å². The molecule has 1 saturated carbocycles. The predicted octanol–water partition coefficient (Wildman–Crippen LogP) is 3.18. The van der Waals surface area contributed by atoms with Crippen molar-refractivity contribution in [2.24, 2.45) is 11.3 Å². The second kappa shape index (κ2) is 6.11. The lowest BCUT2D eigenvalue weighted by molar-refractivity contribution is -0.125. The highest BCUT2D eigenvalue weighted by molar-refractivity contribution is 5.91. The summed E-state index contributed by atoms with van der Waals surface area (Å²) < 4.78 is 0. The Labute approximate surface area is 132 Å². The van der Waals surface area contributed by atoms with E-state index in [0.29, 0.717) is 12.3 Å². The van der Waals surface area contributed by atoms with Gasteiger partial charge in [-0.05, 0) is 54.9 Å². The van der Waals surface area contributed by atoms with Gasteiger partial charge in [-0.2, -0.15) is 0 Å². The molecule has 1 aromatic carbocycles. The van der Waals surface area contributed by atoms with E-state index >= 15 is 0 Å². The van der Waals surface area contributed by atoms with E-state index < -0.39 is 0 Å². The molecule has 4 nitrogen and oxygen atoms in total. The largest absolute Gasteiger partial charge is 0.353 e. The lowest BCUT2D eigenvalue weighted by atomic mass is 9.57. The fraction of sp³-hybridized carbons (Fsp3) is 0.556. The average Bonchev–Trinajstić information content (AvgIpc) is 2.41. The molecule has 1 fully saturated rings. The van der Waals surface area contributed by atoms with E-state index in [1.54, 1.807) is 0 Å². The highest BCUT2D eigenvalue weighted by atomic mass is 16.2. The van der Waals surface area contributed by atoms with Gasteiger partial charge in [0.15, 0.2) is 0 Å². The van der Waals surface area contributed by atoms with E-state index in [1.807, 2.05) is 25.1 Å². The molecule has 0 bridgehead atoms. The summed E-state index contributed by atoms with van der Waals surface area (Å²) in [6.45, 7) is 9.87. The number of nitrogens with one attached hydrogen (secondary N) is 2. The van der Waals surface area contributed by atoms with Gasteiger partial charge in [0.2, 0.25) is 11.8 Å². The van der Waals surface area contributed by atoms with Crippen molar-refractivity contribution < 1.29 is 9.59 Å². The van der Waals surface area contributed by atoms with E-state index in [9.17, 15) is 9.59 Å². The Morgan fingerprint density at radius 2 is 1.91 bits per heavy atom. The third-order valence-corrected chi connectivity index (χ3v) is 5.07. The highest BCUT2D eigenvalue weighted by Gasteiger charge is 2.48. The first-order valence-electron chi connectivity index (χ1n) is 7.84. The lowest BCUT2D eigenvalue weighted by Gasteiger charge is -2.52. The summed E-state index contributed by atoms with van der Waals surface area (Å²) in [4.78, 5) is 23.4. The topological polar surface area (TPSA) is 58.2 Å². The average molecular weight is 302 g/mol. The SMILES string of the molecule is CC(=O)NC1CC(CC(=O)Nc2ccc(C)c(C)c2)C1(C)C. The second-order valence-electron chi connectivity index (χ2n) is 7.06. The molecule has 2 N–H and O–H groups in total. The van der Waals surface area contributed by atoms with Crippen LogP contribution in [0.3, 0.4) is 0 Å². The summed E-state index contributed by atoms with van der Waals surface area (Å²) in [5.74, 6) is 0.342. The van der Waals surface area contributed by atoms with Gasteiger partial charge in [0, 0.05) is 25.1 Å². The van der Waals surface area contributed by atoms with Gasteiger partial charge in [0.1, 0.15) is 0 Å². The minimum atomic E-state index is -0.0355. The Kier molecular flexibility index (Phi) is 4.59. The number of amides is 2. The number of hydrogen-bond donors (Lipinski definition) is 2. The Morgan fingerprint density at radius 3 is 2.45 bits per heavy atom. The van der Waals surface area contributed by atoms with Gasteiger partial charge in [-0.1, -0.05) is 19.9 Å². The van der Waals surface area contributed by atoms with Crippen LogP contribution in [0, 0.1) is 25.2 Å². The van der Waals surface area contributed by atoms with Crippen molar-refractivity contribution in [2.75, 3.05) is 5.32 Å². The maximum atomic E-state index is 12.2. The minimum absolute atomic E-state index is 0.00360. The van der Waals surface area contributed by atoms with Crippen LogP contribution in [-0.2, 0) is 9.59 Å². The molecule has 120 valence electrons. The van der Waals surface area contributed by atoms with Crippen LogP contribution >= 0.6 is 0 Å². The quantitative estimate of drug-likeness (QED) is 0.897. The first kappa shape index (κ1) is 16.5. The van der Waals surface area contributed by atoms with Crippen LogP contribution in [0.15, 0.2) is 18.2 Å². The summed E-state index contributed by atoms with van der Waals surface area (Å²) in [6, 6.07) is 6.13. The Morgan fingerprint density at radius 1 is 1.23 bits per heavy atom. The van der Waals surface area contributed by atoms with E-state index in [1.165, 1.54) is 18.1 Å². The molecule has 0 saturated heterocycles. The maximum absolute atomic E-state index is 12.2. The third-order valence-electron chi connectivity index (χ3n) is 5.07. The number of aryl methyl sites for hydroxylation is 2. The van der Waals surface area contributed by atoms with Crippen molar-refractivity contribution in [3.8, 4) is 0 Å². The van der Waals surface area contributed by atoms with E-state index in [4.69, 9.17) is 0 Å². The molecule has 0 radical (unpaired) electrons. The molecule has 1 aromatic rings. The van der Waals surface area contributed by atoms with Crippen molar-refractivity contribution in [3.63, 3.8) is 0 Å². The minimum Gasteiger partial charge on any atom is -0.353 e. The molecule has 2 rings (SSSR count). The van der Waals surface area contributed by atoms with Crippen molar-refractivity contribution in [3.05, 3.63) is 29.3 Å². The molecule has 0 heterocycles. The molecular formula is C18H26N2O2. The number of hydrogen-bond acceptors (Lipinski definition) is 2. The van der Waals surface area contributed by atoms with Crippen molar-refractivity contribution >= 4 is 17.5 Å². The van der Waals surface area contributed by atoms with Gasteiger partial charge in [-0.25, -0.2) is 0 Å². The van der Waals surface area contributed by atoms with Crippen LogP contribution in [-0.4, -0.2) is 17.9 Å². The molecule has 0 aliphatic heterocycles. The van der Waals surface area contributed by atoms with Crippen LogP contribution in [0.1, 0.15) is 44.7 Å². The van der Waals surface area contributed by atoms with Crippen LogP contribution in [0.2, 0.25) is 0 Å². The molecule has 2 unspecified atom stereocenters. The second-order valence-corrected chi connectivity index (χ2v) is 7.06. The van der Waals surface area contributed by atoms with Crippen molar-refractivity contribution in [1.29, 1.82) is 0 Å². The molecule has 22 heavy (non-hydrogen) atoms. The van der Waals surface area contributed by atoms with Crippen molar-refractivity contribution in [2.45, 2.75) is 53.5 Å². The normalized spacial score (nSPS) is 22.6. The summed E-state index contributed by atoms with van der Waals surface area (Å²) in [5, 5.41) is 5.94. The van der Waals surface area contributed by atoms with E-state index in [0.717, 1.165) is 12.1 Å². The summed E-state index contributed by atoms with van der Waals surface area (Å²) in [6.07, 6.45) is 1.36. The van der Waals surface area contributed by atoms with E-state index in [2.05, 4.69) is 31.4 Å². The van der Waals surface area contributed by atoms with Crippen molar-refractivity contribution in [1.82, 2.24) is 5.32 Å². The molecule has 4 heteroatoms. The monoisotopic (exact) mass is 302 g/mol. The smallest absolute Gasteiger partial charge is 0.224 e. The molecule has 1 aliphatic rings. The zero-order valence-corrected chi connectivity index (χ0v) is 14.1. The molecule has 2 amide bonds. The molecular weight excluding hydrogens is 276 g/mol.